The van der Waals surface area contributed by atoms with Crippen LogP contribution in [0.1, 0.15) is 47.2 Å². The Kier molecular flexibility index (Phi) is 6.13. The number of piperidine rings is 1. The lowest BCUT2D eigenvalue weighted by Crippen LogP contribution is -2.48. The minimum absolute atomic E-state index is 0.109. The zero-order chi connectivity index (χ0) is 22.9. The van der Waals surface area contributed by atoms with E-state index < -0.39 is 11.7 Å². The van der Waals surface area contributed by atoms with Gasteiger partial charge in [-0.15, -0.1) is 0 Å². The summed E-state index contributed by atoms with van der Waals surface area (Å²) in [6.07, 6.45) is -2.44. The van der Waals surface area contributed by atoms with Crippen molar-refractivity contribution in [3.05, 3.63) is 65.2 Å². The van der Waals surface area contributed by atoms with Crippen LogP contribution in [-0.2, 0) is 17.5 Å². The monoisotopic (exact) mass is 447 g/mol. The molecule has 0 spiro atoms. The standard InChI is InChI=1S/C24H24F3NO4/c1-31-21-13-16(7-10-20(21)24(25,26)27)22(29)17-11-18-8-9-19(12-17)28(18)23(30)32-14-15-5-3-2-4-6-15/h2-7,10,13,17-19H,8-9,11-12,14H2,1H3. The Hall–Kier alpha value is -3.03. The van der Waals surface area contributed by atoms with Gasteiger partial charge in [-0.25, -0.2) is 4.79 Å². The molecule has 8 heteroatoms. The van der Waals surface area contributed by atoms with E-state index >= 15 is 0 Å². The molecule has 2 bridgehead atoms. The first kappa shape index (κ1) is 22.2. The predicted molar refractivity (Wildman–Crippen MR) is 110 cm³/mol. The van der Waals surface area contributed by atoms with Crippen LogP contribution in [0, 0.1) is 5.92 Å². The predicted octanol–water partition coefficient (Wildman–Crippen LogP) is 5.48. The minimum Gasteiger partial charge on any atom is -0.496 e. The summed E-state index contributed by atoms with van der Waals surface area (Å²) in [7, 11) is 1.15. The Balaban J connectivity index is 1.43. The van der Waals surface area contributed by atoms with Gasteiger partial charge in [0.1, 0.15) is 12.4 Å². The van der Waals surface area contributed by atoms with Crippen molar-refractivity contribution >= 4 is 11.9 Å². The molecule has 4 rings (SSSR count). The summed E-state index contributed by atoms with van der Waals surface area (Å²) in [5.74, 6) is -0.938. The van der Waals surface area contributed by atoms with Gasteiger partial charge in [0.05, 0.1) is 12.7 Å². The van der Waals surface area contributed by atoms with Crippen molar-refractivity contribution in [2.24, 2.45) is 5.92 Å². The van der Waals surface area contributed by atoms with Gasteiger partial charge < -0.3 is 14.4 Å². The number of Topliss-reactive ketones (excluding diaryl/α,β-unsaturated/α-hetero) is 1. The summed E-state index contributed by atoms with van der Waals surface area (Å²) in [5.41, 5.74) is 0.182. The van der Waals surface area contributed by atoms with Gasteiger partial charge in [-0.2, -0.15) is 13.2 Å². The molecule has 2 aliphatic heterocycles. The van der Waals surface area contributed by atoms with Crippen molar-refractivity contribution in [3.8, 4) is 5.75 Å². The molecule has 2 aliphatic rings. The van der Waals surface area contributed by atoms with Gasteiger partial charge in [0.15, 0.2) is 5.78 Å². The maximum atomic E-state index is 13.1. The smallest absolute Gasteiger partial charge is 0.419 e. The second-order valence-corrected chi connectivity index (χ2v) is 8.28. The summed E-state index contributed by atoms with van der Waals surface area (Å²) >= 11 is 0. The van der Waals surface area contributed by atoms with Crippen LogP contribution >= 0.6 is 0 Å². The Morgan fingerprint density at radius 2 is 1.69 bits per heavy atom. The van der Waals surface area contributed by atoms with Gasteiger partial charge in [0.2, 0.25) is 0 Å². The van der Waals surface area contributed by atoms with Gasteiger partial charge in [-0.05, 0) is 43.4 Å². The quantitative estimate of drug-likeness (QED) is 0.570. The summed E-state index contributed by atoms with van der Waals surface area (Å²) in [6, 6.07) is 12.4. The highest BCUT2D eigenvalue weighted by Crippen LogP contribution is 2.41. The van der Waals surface area contributed by atoms with E-state index in [1.807, 2.05) is 30.3 Å². The number of carbonyl (C=O) groups excluding carboxylic acids is 2. The fraction of sp³-hybridized carbons (Fsp3) is 0.417. The molecular formula is C24H24F3NO4. The lowest BCUT2D eigenvalue weighted by molar-refractivity contribution is -0.138. The second kappa shape index (κ2) is 8.84. The zero-order valence-electron chi connectivity index (χ0n) is 17.6. The minimum atomic E-state index is -4.56. The second-order valence-electron chi connectivity index (χ2n) is 8.28. The third-order valence-electron chi connectivity index (χ3n) is 6.31. The van der Waals surface area contributed by atoms with Crippen molar-refractivity contribution in [1.82, 2.24) is 4.90 Å². The molecule has 170 valence electrons. The SMILES string of the molecule is COc1cc(C(=O)C2CC3CCC(C2)N3C(=O)OCc2ccccc2)ccc1C(F)(F)F. The number of methoxy groups -OCH3 is 1. The number of hydrogen-bond donors (Lipinski definition) is 0. The molecule has 0 aromatic heterocycles. The molecule has 2 saturated heterocycles. The Bertz CT molecular complexity index is 978. The summed E-state index contributed by atoms with van der Waals surface area (Å²) in [4.78, 5) is 27.5. The van der Waals surface area contributed by atoms with E-state index in [0.717, 1.165) is 37.6 Å². The molecule has 1 amide bonds. The number of amides is 1. The van der Waals surface area contributed by atoms with Gasteiger partial charge >= 0.3 is 12.3 Å². The molecule has 2 atom stereocenters. The normalized spacial score (nSPS) is 22.5. The number of carbonyl (C=O) groups is 2. The number of fused-ring (bicyclic) bond motifs is 2. The first-order valence-corrected chi connectivity index (χ1v) is 10.6. The molecule has 0 aliphatic carbocycles. The third-order valence-corrected chi connectivity index (χ3v) is 6.31. The number of halogens is 3. The molecule has 5 nitrogen and oxygen atoms in total. The molecule has 2 fully saturated rings. The van der Waals surface area contributed by atoms with Crippen molar-refractivity contribution < 1.29 is 32.2 Å². The van der Waals surface area contributed by atoms with E-state index in [4.69, 9.17) is 9.47 Å². The molecule has 32 heavy (non-hydrogen) atoms. The number of benzene rings is 2. The van der Waals surface area contributed by atoms with Crippen LogP contribution in [0.5, 0.6) is 5.75 Å². The van der Waals surface area contributed by atoms with Gasteiger partial charge in [-0.1, -0.05) is 36.4 Å². The fourth-order valence-corrected chi connectivity index (χ4v) is 4.80. The number of ether oxygens (including phenoxy) is 2. The van der Waals surface area contributed by atoms with Gasteiger partial charge in [-0.3, -0.25) is 4.79 Å². The van der Waals surface area contributed by atoms with E-state index in [9.17, 15) is 22.8 Å². The molecular weight excluding hydrogens is 423 g/mol. The van der Waals surface area contributed by atoms with Crippen LogP contribution in [0.3, 0.4) is 0 Å². The van der Waals surface area contributed by atoms with Crippen molar-refractivity contribution in [1.29, 1.82) is 0 Å². The van der Waals surface area contributed by atoms with Crippen LogP contribution in [0.2, 0.25) is 0 Å². The van der Waals surface area contributed by atoms with E-state index in [1.165, 1.54) is 6.07 Å². The topological polar surface area (TPSA) is 55.8 Å². The molecule has 2 unspecified atom stereocenters. The summed E-state index contributed by atoms with van der Waals surface area (Å²) in [5, 5.41) is 0. The average Bonchev–Trinajstić information content (AvgIpc) is 3.06. The molecule has 2 aromatic carbocycles. The zero-order valence-corrected chi connectivity index (χ0v) is 17.6. The van der Waals surface area contributed by atoms with E-state index in [1.54, 1.807) is 4.90 Å². The van der Waals surface area contributed by atoms with Crippen LogP contribution < -0.4 is 4.74 Å². The first-order valence-electron chi connectivity index (χ1n) is 10.6. The van der Waals surface area contributed by atoms with Gasteiger partial charge in [0.25, 0.3) is 0 Å². The lowest BCUT2D eigenvalue weighted by atomic mass is 9.84. The molecule has 0 saturated carbocycles. The first-order chi connectivity index (χ1) is 15.3. The van der Waals surface area contributed by atoms with Crippen molar-refractivity contribution in [2.75, 3.05) is 7.11 Å². The van der Waals surface area contributed by atoms with E-state index in [2.05, 4.69) is 0 Å². The van der Waals surface area contributed by atoms with Gasteiger partial charge in [0, 0.05) is 23.6 Å². The van der Waals surface area contributed by atoms with Crippen LogP contribution in [0.25, 0.3) is 0 Å². The molecule has 0 N–H and O–H groups in total. The van der Waals surface area contributed by atoms with Crippen LogP contribution in [0.4, 0.5) is 18.0 Å². The maximum Gasteiger partial charge on any atom is 0.419 e. The average molecular weight is 447 g/mol. The highest BCUT2D eigenvalue weighted by molar-refractivity contribution is 5.98. The number of nitrogens with zero attached hydrogens (tertiary/aromatic N) is 1. The van der Waals surface area contributed by atoms with Crippen LogP contribution in [0.15, 0.2) is 48.5 Å². The Labute approximate surface area is 184 Å². The highest BCUT2D eigenvalue weighted by atomic mass is 19.4. The Morgan fingerprint density at radius 1 is 1.03 bits per heavy atom. The highest BCUT2D eigenvalue weighted by Gasteiger charge is 2.46. The number of ketones is 1. The largest absolute Gasteiger partial charge is 0.496 e. The number of alkyl halides is 3. The van der Waals surface area contributed by atoms with Crippen LogP contribution in [-0.4, -0.2) is 36.0 Å². The summed E-state index contributed by atoms with van der Waals surface area (Å²) < 4.78 is 49.7. The van der Waals surface area contributed by atoms with Crippen molar-refractivity contribution in [2.45, 2.75) is 50.6 Å². The number of rotatable bonds is 5. The fourth-order valence-electron chi connectivity index (χ4n) is 4.80. The van der Waals surface area contributed by atoms with E-state index in [0.29, 0.717) is 12.8 Å². The van der Waals surface area contributed by atoms with Crippen molar-refractivity contribution in [3.63, 3.8) is 0 Å². The lowest BCUT2D eigenvalue weighted by Gasteiger charge is -2.37. The Morgan fingerprint density at radius 3 is 2.28 bits per heavy atom. The van der Waals surface area contributed by atoms with E-state index in [-0.39, 0.29) is 47.8 Å². The summed E-state index contributed by atoms with van der Waals surface area (Å²) in [6.45, 7) is 0.184. The molecule has 2 heterocycles. The molecule has 2 aromatic rings. The number of hydrogen-bond acceptors (Lipinski definition) is 4. The third kappa shape index (κ3) is 4.45. The molecule has 0 radical (unpaired) electrons. The maximum absolute atomic E-state index is 13.1.